The molecular formula is C25H21F3N4O. The summed E-state index contributed by atoms with van der Waals surface area (Å²) in [4.78, 5) is 23.2. The normalized spacial score (nSPS) is 16.2. The van der Waals surface area contributed by atoms with Gasteiger partial charge in [-0.2, -0.15) is 13.2 Å². The highest BCUT2D eigenvalue weighted by Gasteiger charge is 2.37. The average molecular weight is 450 g/mol. The largest absolute Gasteiger partial charge is 0.418 e. The molecule has 2 aliphatic rings. The molecule has 8 heteroatoms. The Balaban J connectivity index is 1.61. The van der Waals surface area contributed by atoms with Crippen LogP contribution in [0.5, 0.6) is 0 Å². The number of carbonyl (C=O) groups is 1. The Kier molecular flexibility index (Phi) is 5.36. The highest BCUT2D eigenvalue weighted by atomic mass is 19.4. The minimum Gasteiger partial charge on any atom is -0.371 e. The van der Waals surface area contributed by atoms with Crippen molar-refractivity contribution in [1.29, 1.82) is 0 Å². The molecule has 5 nitrogen and oxygen atoms in total. The van der Waals surface area contributed by atoms with Crippen LogP contribution in [0.3, 0.4) is 0 Å². The van der Waals surface area contributed by atoms with Crippen molar-refractivity contribution in [3.63, 3.8) is 0 Å². The van der Waals surface area contributed by atoms with E-state index in [1.165, 1.54) is 6.07 Å². The van der Waals surface area contributed by atoms with Gasteiger partial charge in [-0.05, 0) is 48.2 Å². The number of hydrogen-bond acceptors (Lipinski definition) is 4. The van der Waals surface area contributed by atoms with Crippen LogP contribution in [0.15, 0.2) is 65.9 Å². The van der Waals surface area contributed by atoms with E-state index in [4.69, 9.17) is 0 Å². The molecule has 0 unspecified atom stereocenters. The number of aliphatic imine (C=N–C) groups is 1. The van der Waals surface area contributed by atoms with Crippen molar-refractivity contribution < 1.29 is 18.0 Å². The van der Waals surface area contributed by atoms with E-state index in [2.05, 4.69) is 15.3 Å². The minimum atomic E-state index is -4.53. The Hall–Kier alpha value is -3.68. The molecule has 0 radical (unpaired) electrons. The van der Waals surface area contributed by atoms with Gasteiger partial charge in [0.2, 0.25) is 5.91 Å². The van der Waals surface area contributed by atoms with E-state index in [0.29, 0.717) is 24.5 Å². The number of halogens is 3. The lowest BCUT2D eigenvalue weighted by atomic mass is 10.0. The van der Waals surface area contributed by atoms with Gasteiger partial charge in [-0.25, -0.2) is 0 Å². The third-order valence-corrected chi connectivity index (χ3v) is 5.91. The van der Waals surface area contributed by atoms with Crippen LogP contribution < -0.4 is 10.2 Å². The van der Waals surface area contributed by atoms with Crippen molar-refractivity contribution in [2.24, 2.45) is 4.99 Å². The number of nitrogens with one attached hydrogen (secondary N) is 1. The predicted octanol–water partition coefficient (Wildman–Crippen LogP) is 5.83. The quantitative estimate of drug-likeness (QED) is 0.546. The first-order valence-electron chi connectivity index (χ1n) is 10.8. The van der Waals surface area contributed by atoms with Crippen LogP contribution in [0.1, 0.15) is 30.4 Å². The predicted molar refractivity (Wildman–Crippen MR) is 122 cm³/mol. The summed E-state index contributed by atoms with van der Waals surface area (Å²) in [5.41, 5.74) is 2.85. The maximum Gasteiger partial charge on any atom is 0.418 e. The number of anilines is 2. The van der Waals surface area contributed by atoms with Crippen LogP contribution in [-0.2, 0) is 11.0 Å². The molecule has 1 fully saturated rings. The molecule has 0 saturated carbocycles. The number of hydrogen-bond donors (Lipinski definition) is 1. The smallest absolute Gasteiger partial charge is 0.371 e. The first-order chi connectivity index (χ1) is 15.9. The van der Waals surface area contributed by atoms with E-state index in [0.717, 1.165) is 35.6 Å². The Bertz CT molecular complexity index is 1230. The van der Waals surface area contributed by atoms with Crippen LogP contribution in [0.4, 0.5) is 30.2 Å². The SMILES string of the molecule is O=C1CC(c2cccc(-c3cccnc3)c2)=Nc2cc(N3CCCC3)c(C(F)(F)F)cc2N1. The second-order valence-corrected chi connectivity index (χ2v) is 8.18. The van der Waals surface area contributed by atoms with E-state index < -0.39 is 17.6 Å². The molecule has 1 N–H and O–H groups in total. The topological polar surface area (TPSA) is 57.6 Å². The number of fused-ring (bicyclic) bond motifs is 1. The number of pyridine rings is 1. The van der Waals surface area contributed by atoms with Gasteiger partial charge in [-0.1, -0.05) is 24.3 Å². The number of alkyl halides is 3. The third-order valence-electron chi connectivity index (χ3n) is 5.91. The van der Waals surface area contributed by atoms with Gasteiger partial charge in [-0.3, -0.25) is 14.8 Å². The molecule has 0 aliphatic carbocycles. The second kappa shape index (κ2) is 8.35. The zero-order chi connectivity index (χ0) is 23.0. The molecule has 168 valence electrons. The maximum atomic E-state index is 13.8. The summed E-state index contributed by atoms with van der Waals surface area (Å²) in [5.74, 6) is -0.402. The maximum absolute atomic E-state index is 13.8. The van der Waals surface area contributed by atoms with Crippen molar-refractivity contribution in [3.8, 4) is 11.1 Å². The Morgan fingerprint density at radius 2 is 1.70 bits per heavy atom. The summed E-state index contributed by atoms with van der Waals surface area (Å²) in [6.45, 7) is 1.13. The van der Waals surface area contributed by atoms with Gasteiger partial charge >= 0.3 is 6.18 Å². The van der Waals surface area contributed by atoms with Crippen LogP contribution in [0, 0.1) is 0 Å². The lowest BCUT2D eigenvalue weighted by Crippen LogP contribution is -2.22. The molecule has 0 spiro atoms. The highest BCUT2D eigenvalue weighted by molar-refractivity contribution is 6.17. The fraction of sp³-hybridized carbons (Fsp3) is 0.240. The van der Waals surface area contributed by atoms with Crippen LogP contribution in [-0.4, -0.2) is 29.7 Å². The van der Waals surface area contributed by atoms with Crippen molar-refractivity contribution >= 4 is 28.7 Å². The van der Waals surface area contributed by atoms with Gasteiger partial charge < -0.3 is 10.2 Å². The standard InChI is InChI=1S/C25H21F3N4O/c26-25(27,28)19-12-21-22(13-23(19)32-9-1-2-10-32)30-20(14-24(33)31-21)17-6-3-5-16(11-17)18-7-4-8-29-15-18/h3-8,11-13,15H,1-2,9-10,14H2,(H,31,33). The molecular weight excluding hydrogens is 429 g/mol. The summed E-state index contributed by atoms with van der Waals surface area (Å²) in [5, 5.41) is 2.62. The first kappa shape index (κ1) is 21.2. The van der Waals surface area contributed by atoms with Crippen molar-refractivity contribution in [3.05, 3.63) is 72.1 Å². The van der Waals surface area contributed by atoms with Gasteiger partial charge in [0.1, 0.15) is 0 Å². The third kappa shape index (κ3) is 4.33. The van der Waals surface area contributed by atoms with Crippen molar-refractivity contribution in [2.75, 3.05) is 23.3 Å². The number of benzene rings is 2. The van der Waals surface area contributed by atoms with Gasteiger partial charge in [0.05, 0.1) is 34.8 Å². The summed E-state index contributed by atoms with van der Waals surface area (Å²) in [6.07, 6.45) is 0.565. The van der Waals surface area contributed by atoms with E-state index in [-0.39, 0.29) is 17.8 Å². The number of carbonyl (C=O) groups excluding carboxylic acids is 1. The molecule has 5 rings (SSSR count). The molecule has 1 saturated heterocycles. The average Bonchev–Trinajstić information content (AvgIpc) is 3.28. The van der Waals surface area contributed by atoms with E-state index >= 15 is 0 Å². The molecule has 2 aliphatic heterocycles. The number of amides is 1. The Labute approximate surface area is 189 Å². The number of aromatic nitrogens is 1. The van der Waals surface area contributed by atoms with Gasteiger partial charge in [0.25, 0.3) is 0 Å². The molecule has 0 bridgehead atoms. The molecule has 3 heterocycles. The van der Waals surface area contributed by atoms with E-state index in [9.17, 15) is 18.0 Å². The van der Waals surface area contributed by atoms with Gasteiger partial charge in [0.15, 0.2) is 0 Å². The molecule has 2 aromatic carbocycles. The van der Waals surface area contributed by atoms with E-state index in [1.54, 1.807) is 17.3 Å². The molecule has 0 atom stereocenters. The summed E-state index contributed by atoms with van der Waals surface area (Å²) in [6, 6.07) is 13.8. The van der Waals surface area contributed by atoms with Crippen molar-refractivity contribution in [2.45, 2.75) is 25.4 Å². The van der Waals surface area contributed by atoms with Crippen LogP contribution in [0.2, 0.25) is 0 Å². The van der Waals surface area contributed by atoms with Gasteiger partial charge in [-0.15, -0.1) is 0 Å². The minimum absolute atomic E-state index is 0.0361. The summed E-state index contributed by atoms with van der Waals surface area (Å²) < 4.78 is 41.5. The summed E-state index contributed by atoms with van der Waals surface area (Å²) >= 11 is 0. The van der Waals surface area contributed by atoms with E-state index in [1.807, 2.05) is 36.4 Å². The lowest BCUT2D eigenvalue weighted by molar-refractivity contribution is -0.137. The molecule has 1 amide bonds. The highest BCUT2D eigenvalue weighted by Crippen LogP contribution is 2.44. The van der Waals surface area contributed by atoms with Crippen molar-refractivity contribution in [1.82, 2.24) is 4.98 Å². The molecule has 1 aromatic heterocycles. The monoisotopic (exact) mass is 450 g/mol. The lowest BCUT2D eigenvalue weighted by Gasteiger charge is -2.24. The number of rotatable bonds is 3. The zero-order valence-electron chi connectivity index (χ0n) is 17.7. The Morgan fingerprint density at radius 1 is 0.939 bits per heavy atom. The molecule has 3 aromatic rings. The fourth-order valence-electron chi connectivity index (χ4n) is 4.33. The van der Waals surface area contributed by atoms with Crippen LogP contribution in [0.25, 0.3) is 11.1 Å². The molecule has 33 heavy (non-hydrogen) atoms. The number of nitrogens with zero attached hydrogens (tertiary/aromatic N) is 3. The first-order valence-corrected chi connectivity index (χ1v) is 10.8. The zero-order valence-corrected chi connectivity index (χ0v) is 17.7. The summed E-state index contributed by atoms with van der Waals surface area (Å²) in [7, 11) is 0. The fourth-order valence-corrected chi connectivity index (χ4v) is 4.33. The Morgan fingerprint density at radius 3 is 2.42 bits per heavy atom. The second-order valence-electron chi connectivity index (χ2n) is 8.18. The van der Waals surface area contributed by atoms with Gasteiger partial charge in [0, 0.05) is 31.0 Å². The van der Waals surface area contributed by atoms with Crippen LogP contribution >= 0.6 is 0 Å².